The van der Waals surface area contributed by atoms with Crippen molar-refractivity contribution in [2.75, 3.05) is 0 Å². The summed E-state index contributed by atoms with van der Waals surface area (Å²) in [6.07, 6.45) is 1.13. The Kier molecular flexibility index (Phi) is 4.15. The molecule has 0 atom stereocenters. The van der Waals surface area contributed by atoms with Crippen molar-refractivity contribution in [1.29, 1.82) is 0 Å². The van der Waals surface area contributed by atoms with Crippen LogP contribution < -0.4 is 0 Å². The summed E-state index contributed by atoms with van der Waals surface area (Å²) >= 11 is 5.94. The topological polar surface area (TPSA) is 17.1 Å². The maximum atomic E-state index is 11.8. The molecule has 0 saturated carbocycles. The summed E-state index contributed by atoms with van der Waals surface area (Å²) in [7, 11) is 0. The van der Waals surface area contributed by atoms with Crippen LogP contribution in [0.15, 0.2) is 18.2 Å². The molecule has 0 spiro atoms. The number of benzene rings is 1. The first-order chi connectivity index (χ1) is 7.28. The van der Waals surface area contributed by atoms with Crippen molar-refractivity contribution >= 4 is 17.4 Å². The maximum Gasteiger partial charge on any atom is 0.137 e. The zero-order valence-electron chi connectivity index (χ0n) is 10.4. The van der Waals surface area contributed by atoms with Crippen LogP contribution >= 0.6 is 11.6 Å². The Labute approximate surface area is 103 Å². The molecule has 0 saturated heterocycles. The van der Waals surface area contributed by atoms with Crippen LogP contribution in [-0.2, 0) is 11.2 Å². The van der Waals surface area contributed by atoms with Crippen LogP contribution in [0, 0.1) is 12.3 Å². The quantitative estimate of drug-likeness (QED) is 0.772. The van der Waals surface area contributed by atoms with Gasteiger partial charge in [-0.15, -0.1) is 0 Å². The van der Waals surface area contributed by atoms with Crippen molar-refractivity contribution in [1.82, 2.24) is 0 Å². The molecule has 0 radical (unpaired) electrons. The average molecular weight is 239 g/mol. The first-order valence-corrected chi connectivity index (χ1v) is 5.92. The summed E-state index contributed by atoms with van der Waals surface area (Å²) < 4.78 is 0. The number of carbonyl (C=O) groups excluding carboxylic acids is 1. The van der Waals surface area contributed by atoms with Gasteiger partial charge in [-0.25, -0.2) is 0 Å². The Balaban J connectivity index is 2.67. The Hall–Kier alpha value is -0.820. The van der Waals surface area contributed by atoms with Crippen molar-refractivity contribution in [2.45, 2.75) is 40.5 Å². The van der Waals surface area contributed by atoms with E-state index in [1.54, 1.807) is 0 Å². The fourth-order valence-electron chi connectivity index (χ4n) is 1.70. The van der Waals surface area contributed by atoms with Crippen LogP contribution in [0.2, 0.25) is 5.02 Å². The third kappa shape index (κ3) is 4.36. The molecule has 2 heteroatoms. The summed E-state index contributed by atoms with van der Waals surface area (Å²) in [5.41, 5.74) is 2.15. The number of ketones is 1. The molecule has 88 valence electrons. The summed E-state index contributed by atoms with van der Waals surface area (Å²) in [5.74, 6) is 0.286. The fraction of sp³-hybridized carbons (Fsp3) is 0.500. The SMILES string of the molecule is Cc1cc(CC(=O)CC(C)(C)C)ccc1Cl. The summed E-state index contributed by atoms with van der Waals surface area (Å²) in [5, 5.41) is 0.757. The minimum Gasteiger partial charge on any atom is -0.299 e. The molecule has 0 fully saturated rings. The molecule has 16 heavy (non-hydrogen) atoms. The predicted octanol–water partition coefficient (Wildman–Crippen LogP) is 4.20. The first-order valence-electron chi connectivity index (χ1n) is 5.55. The van der Waals surface area contributed by atoms with E-state index in [2.05, 4.69) is 20.8 Å². The van der Waals surface area contributed by atoms with Gasteiger partial charge in [0.1, 0.15) is 5.78 Å². The largest absolute Gasteiger partial charge is 0.299 e. The van der Waals surface area contributed by atoms with Gasteiger partial charge in [0.25, 0.3) is 0 Å². The van der Waals surface area contributed by atoms with Crippen molar-refractivity contribution in [3.05, 3.63) is 34.3 Å². The van der Waals surface area contributed by atoms with Gasteiger partial charge in [-0.1, -0.05) is 44.5 Å². The lowest BCUT2D eigenvalue weighted by molar-refractivity contribution is -0.120. The van der Waals surface area contributed by atoms with Crippen molar-refractivity contribution < 1.29 is 4.79 Å². The van der Waals surface area contributed by atoms with E-state index in [0.717, 1.165) is 16.1 Å². The zero-order chi connectivity index (χ0) is 12.3. The highest BCUT2D eigenvalue weighted by Crippen LogP contribution is 2.21. The number of halogens is 1. The van der Waals surface area contributed by atoms with Gasteiger partial charge in [0.2, 0.25) is 0 Å². The van der Waals surface area contributed by atoms with E-state index >= 15 is 0 Å². The molecule has 0 unspecified atom stereocenters. The Morgan fingerprint density at radius 3 is 2.44 bits per heavy atom. The molecule has 1 nitrogen and oxygen atoms in total. The minimum absolute atomic E-state index is 0.0680. The van der Waals surface area contributed by atoms with E-state index in [1.807, 2.05) is 25.1 Å². The van der Waals surface area contributed by atoms with Gasteiger partial charge in [0.15, 0.2) is 0 Å². The molecule has 1 aromatic carbocycles. The summed E-state index contributed by atoms with van der Waals surface area (Å²) in [4.78, 5) is 11.8. The standard InChI is InChI=1S/C14H19ClO/c1-10-7-11(5-6-13(10)15)8-12(16)9-14(2,3)4/h5-7H,8-9H2,1-4H3. The predicted molar refractivity (Wildman–Crippen MR) is 69.0 cm³/mol. The van der Waals surface area contributed by atoms with E-state index < -0.39 is 0 Å². The highest BCUT2D eigenvalue weighted by atomic mass is 35.5. The van der Waals surface area contributed by atoms with Crippen LogP contribution in [0.4, 0.5) is 0 Å². The maximum absolute atomic E-state index is 11.8. The second-order valence-corrected chi connectivity index (χ2v) is 5.94. The van der Waals surface area contributed by atoms with E-state index in [1.165, 1.54) is 0 Å². The van der Waals surface area contributed by atoms with Crippen LogP contribution in [0.3, 0.4) is 0 Å². The molecule has 0 aliphatic heterocycles. The number of carbonyl (C=O) groups is 1. The minimum atomic E-state index is 0.0680. The highest BCUT2D eigenvalue weighted by molar-refractivity contribution is 6.31. The molecule has 0 aliphatic rings. The molecule has 1 rings (SSSR count). The van der Waals surface area contributed by atoms with Gasteiger partial charge in [-0.2, -0.15) is 0 Å². The van der Waals surface area contributed by atoms with E-state index in [9.17, 15) is 4.79 Å². The van der Waals surface area contributed by atoms with Crippen molar-refractivity contribution in [3.63, 3.8) is 0 Å². The number of hydrogen-bond donors (Lipinski definition) is 0. The summed E-state index contributed by atoms with van der Waals surface area (Å²) in [6, 6.07) is 5.77. The van der Waals surface area contributed by atoms with Crippen molar-refractivity contribution in [3.8, 4) is 0 Å². The number of hydrogen-bond acceptors (Lipinski definition) is 1. The van der Waals surface area contributed by atoms with Crippen LogP contribution in [0.25, 0.3) is 0 Å². The number of Topliss-reactive ketones (excluding diaryl/α,β-unsaturated/α-hetero) is 1. The molecule has 0 bridgehead atoms. The van der Waals surface area contributed by atoms with Crippen LogP contribution in [-0.4, -0.2) is 5.78 Å². The second-order valence-electron chi connectivity index (χ2n) is 5.54. The lowest BCUT2D eigenvalue weighted by Crippen LogP contribution is -2.14. The van der Waals surface area contributed by atoms with E-state index in [0.29, 0.717) is 12.8 Å². The zero-order valence-corrected chi connectivity index (χ0v) is 11.2. The Morgan fingerprint density at radius 1 is 1.31 bits per heavy atom. The molecule has 0 N–H and O–H groups in total. The lowest BCUT2D eigenvalue weighted by atomic mass is 9.88. The van der Waals surface area contributed by atoms with E-state index in [4.69, 9.17) is 11.6 Å². The Bertz CT molecular complexity index is 388. The van der Waals surface area contributed by atoms with Crippen LogP contribution in [0.1, 0.15) is 38.3 Å². The lowest BCUT2D eigenvalue weighted by Gasteiger charge is -2.16. The second kappa shape index (κ2) is 5.01. The third-order valence-electron chi connectivity index (χ3n) is 2.35. The normalized spacial score (nSPS) is 11.6. The highest BCUT2D eigenvalue weighted by Gasteiger charge is 2.16. The Morgan fingerprint density at radius 2 is 1.94 bits per heavy atom. The van der Waals surface area contributed by atoms with Crippen molar-refractivity contribution in [2.24, 2.45) is 5.41 Å². The molecule has 0 aliphatic carbocycles. The average Bonchev–Trinajstić information content (AvgIpc) is 2.08. The van der Waals surface area contributed by atoms with Gasteiger partial charge >= 0.3 is 0 Å². The smallest absolute Gasteiger partial charge is 0.137 e. The van der Waals surface area contributed by atoms with Gasteiger partial charge in [-0.3, -0.25) is 4.79 Å². The molecule has 1 aromatic rings. The number of rotatable bonds is 3. The van der Waals surface area contributed by atoms with E-state index in [-0.39, 0.29) is 11.2 Å². The monoisotopic (exact) mass is 238 g/mol. The molecule has 0 amide bonds. The fourth-order valence-corrected chi connectivity index (χ4v) is 1.82. The molecular formula is C14H19ClO. The summed E-state index contributed by atoms with van der Waals surface area (Å²) in [6.45, 7) is 8.20. The third-order valence-corrected chi connectivity index (χ3v) is 2.78. The molecule has 0 aromatic heterocycles. The first kappa shape index (κ1) is 13.2. The van der Waals surface area contributed by atoms with Gasteiger partial charge in [0, 0.05) is 17.9 Å². The number of aryl methyl sites for hydroxylation is 1. The van der Waals surface area contributed by atoms with Gasteiger partial charge in [0.05, 0.1) is 0 Å². The molecule has 0 heterocycles. The molecular weight excluding hydrogens is 220 g/mol. The van der Waals surface area contributed by atoms with Gasteiger partial charge < -0.3 is 0 Å². The van der Waals surface area contributed by atoms with Gasteiger partial charge in [-0.05, 0) is 29.5 Å². The van der Waals surface area contributed by atoms with Crippen LogP contribution in [0.5, 0.6) is 0 Å².